The van der Waals surface area contributed by atoms with Crippen molar-refractivity contribution >= 4 is 5.78 Å². The van der Waals surface area contributed by atoms with Gasteiger partial charge in [-0.1, -0.05) is 13.8 Å². The molecule has 1 N–H and O–H groups in total. The number of carbonyl (C=O) groups excluding carboxylic acids is 1. The van der Waals surface area contributed by atoms with Crippen molar-refractivity contribution in [3.63, 3.8) is 0 Å². The Balaban J connectivity index is 1.76. The van der Waals surface area contributed by atoms with Gasteiger partial charge >= 0.3 is 0 Å². The highest BCUT2D eigenvalue weighted by Crippen LogP contribution is 2.55. The minimum absolute atomic E-state index is 0.0662. The van der Waals surface area contributed by atoms with Crippen LogP contribution in [0, 0.1) is 5.92 Å². The van der Waals surface area contributed by atoms with Crippen LogP contribution in [0.25, 0.3) is 0 Å². The van der Waals surface area contributed by atoms with Gasteiger partial charge in [-0.2, -0.15) is 0 Å². The number of hydrogen-bond acceptors (Lipinski definition) is 8. The maximum absolute atomic E-state index is 13.2. The summed E-state index contributed by atoms with van der Waals surface area (Å²) in [6, 6.07) is 7.49. The second kappa shape index (κ2) is 8.43. The third-order valence-electron chi connectivity index (χ3n) is 7.11. The van der Waals surface area contributed by atoms with E-state index in [0.717, 1.165) is 29.8 Å². The van der Waals surface area contributed by atoms with Crippen LogP contribution < -0.4 is 18.9 Å². The predicted octanol–water partition coefficient (Wildman–Crippen LogP) is 3.25. The van der Waals surface area contributed by atoms with E-state index in [4.69, 9.17) is 23.7 Å². The van der Waals surface area contributed by atoms with E-state index in [9.17, 15) is 9.90 Å². The second-order valence-electron chi connectivity index (χ2n) is 8.52. The number of phenolic OH excluding ortho intramolecular Hbond substituents is 1. The van der Waals surface area contributed by atoms with Crippen LogP contribution in [0.4, 0.5) is 0 Å². The van der Waals surface area contributed by atoms with E-state index in [1.807, 2.05) is 12.1 Å². The van der Waals surface area contributed by atoms with Gasteiger partial charge in [-0.15, -0.1) is 0 Å². The zero-order valence-electron chi connectivity index (χ0n) is 19.3. The average molecular weight is 456 g/mol. The summed E-state index contributed by atoms with van der Waals surface area (Å²) < 4.78 is 28.4. The van der Waals surface area contributed by atoms with Crippen molar-refractivity contribution in [2.45, 2.75) is 31.9 Å². The molecule has 5 rings (SSSR count). The largest absolute Gasteiger partial charge is 0.502 e. The van der Waals surface area contributed by atoms with Crippen molar-refractivity contribution in [2.24, 2.45) is 5.92 Å². The van der Waals surface area contributed by atoms with E-state index in [1.54, 1.807) is 12.1 Å². The Hall–Kier alpha value is -2.97. The Kier molecular flexibility index (Phi) is 5.58. The van der Waals surface area contributed by atoms with Gasteiger partial charge < -0.3 is 28.8 Å². The highest BCUT2D eigenvalue weighted by atomic mass is 16.7. The van der Waals surface area contributed by atoms with Gasteiger partial charge in [0.05, 0.1) is 32.3 Å². The van der Waals surface area contributed by atoms with Crippen molar-refractivity contribution in [3.05, 3.63) is 41.0 Å². The Bertz CT molecular complexity index is 1060. The number of rotatable bonds is 6. The third-order valence-corrected chi connectivity index (χ3v) is 7.11. The number of Topliss-reactive ketones (excluding diaryl/α,β-unsaturated/α-hetero) is 1. The highest BCUT2D eigenvalue weighted by molar-refractivity contribution is 5.87. The lowest BCUT2D eigenvalue weighted by Gasteiger charge is -2.44. The van der Waals surface area contributed by atoms with Crippen LogP contribution in [-0.4, -0.2) is 62.6 Å². The van der Waals surface area contributed by atoms with Crippen LogP contribution in [-0.2, 0) is 9.53 Å². The second-order valence-corrected chi connectivity index (χ2v) is 8.52. The number of aromatic hydroxyl groups is 1. The fraction of sp³-hybridized carbons (Fsp3) is 0.480. The summed E-state index contributed by atoms with van der Waals surface area (Å²) in [7, 11) is 2.99. The third kappa shape index (κ3) is 3.31. The van der Waals surface area contributed by atoms with E-state index in [0.29, 0.717) is 23.0 Å². The molecule has 0 spiro atoms. The molecule has 2 aromatic carbocycles. The summed E-state index contributed by atoms with van der Waals surface area (Å²) in [6.45, 7) is 6.12. The first kappa shape index (κ1) is 21.9. The lowest BCUT2D eigenvalue weighted by atomic mass is 9.67. The van der Waals surface area contributed by atoms with Gasteiger partial charge in [0, 0.05) is 5.92 Å². The molecular weight excluding hydrogens is 426 g/mol. The number of carbonyl (C=O) groups is 1. The van der Waals surface area contributed by atoms with Gasteiger partial charge in [0.2, 0.25) is 12.5 Å². The first-order valence-corrected chi connectivity index (χ1v) is 11.3. The molecule has 8 nitrogen and oxygen atoms in total. The Morgan fingerprint density at radius 3 is 2.18 bits per heavy atom. The van der Waals surface area contributed by atoms with Crippen LogP contribution in [0.15, 0.2) is 24.3 Å². The summed E-state index contributed by atoms with van der Waals surface area (Å²) in [4.78, 5) is 15.6. The van der Waals surface area contributed by atoms with Crippen LogP contribution in [0.2, 0.25) is 0 Å². The average Bonchev–Trinajstić information content (AvgIpc) is 3.44. The lowest BCUT2D eigenvalue weighted by Crippen LogP contribution is -2.45. The normalized spacial score (nSPS) is 25.2. The number of fused-ring (bicyclic) bond motifs is 3. The molecule has 0 aromatic heterocycles. The monoisotopic (exact) mass is 455 g/mol. The number of likely N-dealkylation sites (N-methyl/N-ethyl adjacent to an activating group) is 1. The zero-order chi connectivity index (χ0) is 23.3. The van der Waals surface area contributed by atoms with E-state index in [1.165, 1.54) is 14.2 Å². The summed E-state index contributed by atoms with van der Waals surface area (Å²) in [5.74, 6) is 1.24. The maximum atomic E-state index is 13.2. The number of ether oxygens (including phenoxy) is 5. The molecule has 0 saturated carbocycles. The maximum Gasteiger partial charge on any atom is 0.231 e. The number of phenols is 1. The Labute approximate surface area is 192 Å². The molecule has 1 aliphatic carbocycles. The molecule has 0 radical (unpaired) electrons. The fourth-order valence-electron chi connectivity index (χ4n) is 5.60. The first-order valence-electron chi connectivity index (χ1n) is 11.3. The number of benzene rings is 2. The molecule has 0 amide bonds. The van der Waals surface area contributed by atoms with Crippen molar-refractivity contribution < 1.29 is 33.6 Å². The molecule has 3 aliphatic rings. The molecule has 2 unspecified atom stereocenters. The van der Waals surface area contributed by atoms with Crippen LogP contribution in [0.1, 0.15) is 42.5 Å². The van der Waals surface area contributed by atoms with Crippen LogP contribution in [0.5, 0.6) is 28.7 Å². The molecule has 176 valence electrons. The highest BCUT2D eigenvalue weighted by Gasteiger charge is 2.53. The SMILES string of the molecule is CCN(CC)[C@@H]1c2cc3c(cc2C(c2cc(OC)c(O)c(OC)c2)C2C(=O)CO[C@@H]21)OCO3. The van der Waals surface area contributed by atoms with Gasteiger partial charge in [0.25, 0.3) is 0 Å². The number of ketones is 1. The molecule has 2 aromatic rings. The van der Waals surface area contributed by atoms with E-state index in [2.05, 4.69) is 18.7 Å². The molecule has 1 saturated heterocycles. The summed E-state index contributed by atoms with van der Waals surface area (Å²) >= 11 is 0. The zero-order valence-corrected chi connectivity index (χ0v) is 19.3. The Morgan fingerprint density at radius 1 is 1.00 bits per heavy atom. The number of methoxy groups -OCH3 is 2. The van der Waals surface area contributed by atoms with E-state index in [-0.39, 0.29) is 48.9 Å². The van der Waals surface area contributed by atoms with Gasteiger partial charge in [-0.3, -0.25) is 9.69 Å². The van der Waals surface area contributed by atoms with Crippen molar-refractivity contribution in [3.8, 4) is 28.7 Å². The lowest BCUT2D eigenvalue weighted by molar-refractivity contribution is -0.121. The van der Waals surface area contributed by atoms with Gasteiger partial charge in [-0.25, -0.2) is 0 Å². The minimum Gasteiger partial charge on any atom is -0.502 e. The summed E-state index contributed by atoms with van der Waals surface area (Å²) in [6.07, 6.45) is -0.305. The molecule has 2 aliphatic heterocycles. The number of nitrogens with zero attached hydrogens (tertiary/aromatic N) is 1. The van der Waals surface area contributed by atoms with Crippen LogP contribution >= 0.6 is 0 Å². The summed E-state index contributed by atoms with van der Waals surface area (Å²) in [5, 5.41) is 10.5. The minimum atomic E-state index is -0.387. The molecule has 2 heterocycles. The van der Waals surface area contributed by atoms with Gasteiger partial charge in [0.15, 0.2) is 28.8 Å². The molecule has 8 heteroatoms. The van der Waals surface area contributed by atoms with Crippen molar-refractivity contribution in [1.29, 1.82) is 0 Å². The quantitative estimate of drug-likeness (QED) is 0.711. The molecule has 4 atom stereocenters. The Morgan fingerprint density at radius 2 is 1.61 bits per heavy atom. The standard InChI is InChI=1S/C25H29NO7/c1-5-26(6-2)23-15-10-18-17(32-12-33-18)9-14(15)21(22-16(27)11-31-25(22)23)13-7-19(29-3)24(28)20(8-13)30-4/h7-10,21-23,25,28H,5-6,11-12H2,1-4H3/t21?,22?,23-,25+/m1/s1. The van der Waals surface area contributed by atoms with E-state index < -0.39 is 0 Å². The smallest absolute Gasteiger partial charge is 0.231 e. The van der Waals surface area contributed by atoms with Gasteiger partial charge in [-0.05, 0) is 54.0 Å². The molecule has 1 fully saturated rings. The van der Waals surface area contributed by atoms with E-state index >= 15 is 0 Å². The number of hydrogen-bond donors (Lipinski definition) is 1. The fourth-order valence-corrected chi connectivity index (χ4v) is 5.60. The topological polar surface area (TPSA) is 86.7 Å². The van der Waals surface area contributed by atoms with Gasteiger partial charge in [0.1, 0.15) is 6.61 Å². The first-order chi connectivity index (χ1) is 16.0. The molecular formula is C25H29NO7. The molecule has 0 bridgehead atoms. The predicted molar refractivity (Wildman–Crippen MR) is 120 cm³/mol. The summed E-state index contributed by atoms with van der Waals surface area (Å²) in [5.41, 5.74) is 2.87. The van der Waals surface area contributed by atoms with Crippen molar-refractivity contribution in [2.75, 3.05) is 40.7 Å². The van der Waals surface area contributed by atoms with Crippen molar-refractivity contribution in [1.82, 2.24) is 4.90 Å². The van der Waals surface area contributed by atoms with Crippen LogP contribution in [0.3, 0.4) is 0 Å². The molecule has 33 heavy (non-hydrogen) atoms.